The van der Waals surface area contributed by atoms with E-state index in [2.05, 4.69) is 45.5 Å². The highest BCUT2D eigenvalue weighted by atomic mass is 32.2. The average Bonchev–Trinajstić information content (AvgIpc) is 3.43. The van der Waals surface area contributed by atoms with Crippen molar-refractivity contribution in [1.82, 2.24) is 14.5 Å². The van der Waals surface area contributed by atoms with E-state index in [1.807, 2.05) is 27.0 Å². The van der Waals surface area contributed by atoms with Gasteiger partial charge in [-0.15, -0.1) is 11.3 Å². The second-order valence-electron chi connectivity index (χ2n) is 7.38. The van der Waals surface area contributed by atoms with Crippen LogP contribution in [0.25, 0.3) is 0 Å². The first kappa shape index (κ1) is 22.8. The van der Waals surface area contributed by atoms with Gasteiger partial charge in [0.1, 0.15) is 4.21 Å². The van der Waals surface area contributed by atoms with E-state index in [1.165, 1.54) is 21.2 Å². The van der Waals surface area contributed by atoms with Crippen LogP contribution in [0, 0.1) is 0 Å². The van der Waals surface area contributed by atoms with Gasteiger partial charge in [-0.05, 0) is 30.5 Å². The highest BCUT2D eigenvalue weighted by Gasteiger charge is 2.26. The van der Waals surface area contributed by atoms with E-state index < -0.39 is 10.0 Å². The number of nitrogens with one attached hydrogen (secondary N) is 1. The Kier molecular flexibility index (Phi) is 7.91. The van der Waals surface area contributed by atoms with Crippen molar-refractivity contribution in [2.24, 2.45) is 4.99 Å². The fraction of sp³-hybridized carbons (Fsp3) is 0.500. The maximum atomic E-state index is 12.7. The first-order valence-corrected chi connectivity index (χ1v) is 12.8. The number of benzene rings is 1. The molecule has 0 bridgehead atoms. The van der Waals surface area contributed by atoms with Crippen LogP contribution in [0.4, 0.5) is 0 Å². The Bertz CT molecular complexity index is 937. The number of guanidine groups is 1. The molecule has 0 radical (unpaired) electrons. The fourth-order valence-corrected chi connectivity index (χ4v) is 6.87. The molecule has 3 rings (SSSR count). The molecule has 1 fully saturated rings. The van der Waals surface area contributed by atoms with Gasteiger partial charge in [0.2, 0.25) is 0 Å². The van der Waals surface area contributed by atoms with E-state index in [0.29, 0.717) is 23.2 Å². The number of hydrogen-bond acceptors (Lipinski definition) is 4. The van der Waals surface area contributed by atoms with E-state index in [-0.39, 0.29) is 0 Å². The average molecular weight is 449 g/mol. The first-order chi connectivity index (χ1) is 14.5. The Hall–Kier alpha value is -1.90. The van der Waals surface area contributed by atoms with Crippen molar-refractivity contribution in [3.8, 4) is 0 Å². The summed E-state index contributed by atoms with van der Waals surface area (Å²) in [4.78, 5) is 7.82. The molecular formula is C22H32N4O2S2. The molecule has 164 valence electrons. The maximum Gasteiger partial charge on any atom is 0.252 e. The lowest BCUT2D eigenvalue weighted by atomic mass is 9.99. The third-order valence-electron chi connectivity index (χ3n) is 5.56. The number of thiophene rings is 1. The van der Waals surface area contributed by atoms with Crippen LogP contribution in [0.15, 0.2) is 51.7 Å². The van der Waals surface area contributed by atoms with Crippen LogP contribution >= 0.6 is 11.3 Å². The minimum atomic E-state index is -3.37. The van der Waals surface area contributed by atoms with E-state index in [4.69, 9.17) is 0 Å². The summed E-state index contributed by atoms with van der Waals surface area (Å²) in [5.41, 5.74) is 1.39. The van der Waals surface area contributed by atoms with E-state index in [0.717, 1.165) is 43.3 Å². The summed E-state index contributed by atoms with van der Waals surface area (Å²) in [6.07, 6.45) is 1.90. The monoisotopic (exact) mass is 448 g/mol. The summed E-state index contributed by atoms with van der Waals surface area (Å²) in [6.45, 7) is 7.40. The quantitative estimate of drug-likeness (QED) is 0.497. The summed E-state index contributed by atoms with van der Waals surface area (Å²) >= 11 is 1.36. The lowest BCUT2D eigenvalue weighted by molar-refractivity contribution is 0.447. The van der Waals surface area contributed by atoms with Crippen LogP contribution in [0.5, 0.6) is 0 Å². The number of rotatable bonds is 8. The van der Waals surface area contributed by atoms with Crippen molar-refractivity contribution in [2.75, 3.05) is 39.8 Å². The van der Waals surface area contributed by atoms with Crippen molar-refractivity contribution in [3.05, 3.63) is 52.9 Å². The summed E-state index contributed by atoms with van der Waals surface area (Å²) in [7, 11) is -1.55. The molecule has 1 aliphatic rings. The Balaban J connectivity index is 1.53. The van der Waals surface area contributed by atoms with Crippen molar-refractivity contribution >= 4 is 27.3 Å². The molecule has 6 nitrogen and oxygen atoms in total. The highest BCUT2D eigenvalue weighted by molar-refractivity contribution is 7.91. The molecule has 8 heteroatoms. The van der Waals surface area contributed by atoms with E-state index >= 15 is 0 Å². The summed E-state index contributed by atoms with van der Waals surface area (Å²) in [5.74, 6) is 1.45. The molecule has 2 heterocycles. The van der Waals surface area contributed by atoms with Gasteiger partial charge < -0.3 is 10.2 Å². The number of sulfonamides is 1. The normalized spacial score (nSPS) is 17.7. The SMILES string of the molecule is CCN(CC)S(=O)(=O)c1ccc(CCNC(=NC)N2CCC(c3ccccc3)C2)s1. The Labute approximate surface area is 184 Å². The van der Waals surface area contributed by atoms with Crippen LogP contribution < -0.4 is 5.32 Å². The van der Waals surface area contributed by atoms with Crippen LogP contribution in [-0.2, 0) is 16.4 Å². The molecule has 1 N–H and O–H groups in total. The van der Waals surface area contributed by atoms with E-state index in [1.54, 1.807) is 6.07 Å². The predicted octanol–water partition coefficient (Wildman–Crippen LogP) is 3.39. The van der Waals surface area contributed by atoms with Gasteiger partial charge in [-0.3, -0.25) is 4.99 Å². The van der Waals surface area contributed by atoms with Crippen LogP contribution in [0.3, 0.4) is 0 Å². The second-order valence-corrected chi connectivity index (χ2v) is 10.7. The molecule has 30 heavy (non-hydrogen) atoms. The summed E-state index contributed by atoms with van der Waals surface area (Å²) in [6, 6.07) is 14.3. The zero-order chi connectivity index (χ0) is 21.6. The highest BCUT2D eigenvalue weighted by Crippen LogP contribution is 2.27. The molecule has 0 spiro atoms. The molecule has 0 aliphatic carbocycles. The zero-order valence-corrected chi connectivity index (χ0v) is 19.7. The van der Waals surface area contributed by atoms with Crippen molar-refractivity contribution < 1.29 is 8.42 Å². The molecule has 1 unspecified atom stereocenters. The molecule has 1 saturated heterocycles. The zero-order valence-electron chi connectivity index (χ0n) is 18.0. The smallest absolute Gasteiger partial charge is 0.252 e. The van der Waals surface area contributed by atoms with Crippen molar-refractivity contribution in [3.63, 3.8) is 0 Å². The van der Waals surface area contributed by atoms with Crippen molar-refractivity contribution in [1.29, 1.82) is 0 Å². The molecular weight excluding hydrogens is 416 g/mol. The van der Waals surface area contributed by atoms with Gasteiger partial charge >= 0.3 is 0 Å². The van der Waals surface area contributed by atoms with Gasteiger partial charge in [-0.25, -0.2) is 8.42 Å². The number of hydrogen-bond donors (Lipinski definition) is 1. The van der Waals surface area contributed by atoms with Gasteiger partial charge in [0.25, 0.3) is 10.0 Å². The third kappa shape index (κ3) is 5.22. The third-order valence-corrected chi connectivity index (χ3v) is 9.22. The van der Waals surface area contributed by atoms with Gasteiger partial charge in [-0.2, -0.15) is 4.31 Å². The Morgan fingerprint density at radius 1 is 1.20 bits per heavy atom. The number of aliphatic imine (C=N–C) groups is 1. The molecule has 2 aromatic rings. The Morgan fingerprint density at radius 2 is 1.93 bits per heavy atom. The molecule has 1 aromatic heterocycles. The lowest BCUT2D eigenvalue weighted by Crippen LogP contribution is -2.40. The number of likely N-dealkylation sites (tertiary alicyclic amines) is 1. The fourth-order valence-electron chi connectivity index (χ4n) is 3.90. The van der Waals surface area contributed by atoms with Crippen molar-refractivity contribution in [2.45, 2.75) is 36.8 Å². The minimum absolute atomic E-state index is 0.427. The van der Waals surface area contributed by atoms with E-state index in [9.17, 15) is 8.42 Å². The second kappa shape index (κ2) is 10.4. The first-order valence-electron chi connectivity index (χ1n) is 10.6. The Morgan fingerprint density at radius 3 is 2.60 bits per heavy atom. The largest absolute Gasteiger partial charge is 0.356 e. The van der Waals surface area contributed by atoms with Gasteiger partial charge in [0.05, 0.1) is 0 Å². The van der Waals surface area contributed by atoms with Crippen LogP contribution in [0.2, 0.25) is 0 Å². The standard InChI is InChI=1S/C22H32N4O2S2/c1-4-26(5-2)30(27,28)21-12-11-20(29-21)13-15-24-22(23-3)25-16-14-19(17-25)18-9-7-6-8-10-18/h6-12,19H,4-5,13-17H2,1-3H3,(H,23,24). The number of nitrogens with zero attached hydrogens (tertiary/aromatic N) is 3. The topological polar surface area (TPSA) is 65.0 Å². The van der Waals surface area contributed by atoms with Gasteiger partial charge in [-0.1, -0.05) is 44.2 Å². The van der Waals surface area contributed by atoms with Crippen LogP contribution in [0.1, 0.15) is 36.6 Å². The molecule has 0 amide bonds. The predicted molar refractivity (Wildman–Crippen MR) is 125 cm³/mol. The molecule has 1 aromatic carbocycles. The molecule has 1 aliphatic heterocycles. The van der Waals surface area contributed by atoms with Gasteiger partial charge in [0.15, 0.2) is 5.96 Å². The summed E-state index contributed by atoms with van der Waals surface area (Å²) in [5, 5.41) is 3.45. The lowest BCUT2D eigenvalue weighted by Gasteiger charge is -2.21. The molecule has 1 atom stereocenters. The van der Waals surface area contributed by atoms with Gasteiger partial charge in [0, 0.05) is 50.6 Å². The maximum absolute atomic E-state index is 12.7. The molecule has 0 saturated carbocycles. The van der Waals surface area contributed by atoms with Crippen LogP contribution in [-0.4, -0.2) is 63.4 Å². The summed E-state index contributed by atoms with van der Waals surface area (Å²) < 4.78 is 27.2. The minimum Gasteiger partial charge on any atom is -0.356 e.